The molecular weight excluding hydrogens is 431 g/mol. The third kappa shape index (κ3) is 7.14. The van der Waals surface area contributed by atoms with Crippen LogP contribution in [-0.2, 0) is 11.3 Å². The number of anilines is 1. The Morgan fingerprint density at radius 1 is 1.24 bits per heavy atom. The minimum atomic E-state index is -0.393. The zero-order chi connectivity index (χ0) is 24.7. The second kappa shape index (κ2) is 11.8. The molecule has 1 aliphatic carbocycles. The molecule has 1 heterocycles. The summed E-state index contributed by atoms with van der Waals surface area (Å²) in [7, 11) is 1.83. The smallest absolute Gasteiger partial charge is 0.319 e. The molecule has 0 saturated carbocycles. The van der Waals surface area contributed by atoms with Crippen LogP contribution < -0.4 is 10.6 Å². The van der Waals surface area contributed by atoms with Crippen LogP contribution in [0.5, 0.6) is 0 Å². The highest BCUT2D eigenvalue weighted by Crippen LogP contribution is 2.39. The fourth-order valence-electron chi connectivity index (χ4n) is 4.68. The lowest BCUT2D eigenvalue weighted by atomic mass is 9.69. The number of carbonyl (C=O) groups is 2. The largest absolute Gasteiger partial charge is 0.341 e. The van der Waals surface area contributed by atoms with Crippen molar-refractivity contribution in [2.45, 2.75) is 40.2 Å². The summed E-state index contributed by atoms with van der Waals surface area (Å²) in [6.07, 6.45) is 7.11. The van der Waals surface area contributed by atoms with Crippen LogP contribution in [0.3, 0.4) is 0 Å². The minimum absolute atomic E-state index is 0.121. The van der Waals surface area contributed by atoms with E-state index in [1.807, 2.05) is 19.2 Å². The van der Waals surface area contributed by atoms with E-state index in [0.717, 1.165) is 12.0 Å². The van der Waals surface area contributed by atoms with E-state index in [1.165, 1.54) is 17.7 Å². The van der Waals surface area contributed by atoms with Gasteiger partial charge < -0.3 is 15.5 Å². The van der Waals surface area contributed by atoms with E-state index in [9.17, 15) is 14.0 Å². The monoisotopic (exact) mass is 466 g/mol. The van der Waals surface area contributed by atoms with Crippen molar-refractivity contribution in [3.05, 3.63) is 71.8 Å². The van der Waals surface area contributed by atoms with Crippen molar-refractivity contribution < 1.29 is 14.0 Å². The topological polar surface area (TPSA) is 74.3 Å². The predicted molar refractivity (Wildman–Crippen MR) is 132 cm³/mol. The average molecular weight is 467 g/mol. The molecule has 1 aliphatic rings. The molecule has 0 saturated heterocycles. The van der Waals surface area contributed by atoms with Crippen LogP contribution >= 0.6 is 0 Å². The number of urea groups is 1. The van der Waals surface area contributed by atoms with E-state index in [0.29, 0.717) is 37.0 Å². The van der Waals surface area contributed by atoms with E-state index in [2.05, 4.69) is 42.5 Å². The molecule has 0 spiro atoms. The second-order valence-electron chi connectivity index (χ2n) is 9.58. The molecule has 0 unspecified atom stereocenters. The predicted octanol–water partition coefficient (Wildman–Crippen LogP) is 5.25. The summed E-state index contributed by atoms with van der Waals surface area (Å²) in [6.45, 7) is 7.49. The van der Waals surface area contributed by atoms with Crippen molar-refractivity contribution in [2.24, 2.45) is 23.7 Å². The maximum absolute atomic E-state index is 13.4. The highest BCUT2D eigenvalue weighted by atomic mass is 19.1. The van der Waals surface area contributed by atoms with Crippen LogP contribution in [0.25, 0.3) is 0 Å². The lowest BCUT2D eigenvalue weighted by Gasteiger charge is -2.37. The van der Waals surface area contributed by atoms with Crippen molar-refractivity contribution in [3.8, 4) is 0 Å². The van der Waals surface area contributed by atoms with Crippen LogP contribution in [-0.4, -0.2) is 35.4 Å². The van der Waals surface area contributed by atoms with Crippen molar-refractivity contribution in [2.75, 3.05) is 18.9 Å². The van der Waals surface area contributed by atoms with Gasteiger partial charge in [-0.1, -0.05) is 37.6 Å². The number of hydrogen-bond donors (Lipinski definition) is 2. The third-order valence-electron chi connectivity index (χ3n) is 6.65. The molecule has 6 nitrogen and oxygen atoms in total. The van der Waals surface area contributed by atoms with Gasteiger partial charge in [0.2, 0.25) is 5.91 Å². The van der Waals surface area contributed by atoms with E-state index < -0.39 is 5.82 Å². The summed E-state index contributed by atoms with van der Waals surface area (Å²) < 4.78 is 13.4. The summed E-state index contributed by atoms with van der Waals surface area (Å²) in [6, 6.07) is 9.33. The Bertz CT molecular complexity index is 1010. The van der Waals surface area contributed by atoms with Crippen LogP contribution in [0.15, 0.2) is 60.4 Å². The van der Waals surface area contributed by atoms with Crippen molar-refractivity contribution in [1.82, 2.24) is 15.2 Å². The standard InChI is InChI=1S/C27H35FN4O2/c1-18(2)25-12-21(13-26(33)32(4)17-20-7-6-10-29-15-20)19(3)11-22(25)16-30-27(34)31-24-9-5-8-23(28)14-24/h5-11,14-15,18,21-22,25H,12-13,16-17H2,1-4H3,(H2,30,31,34)/t21-,22-,25-/m0/s1. The summed E-state index contributed by atoms with van der Waals surface area (Å²) in [5, 5.41) is 5.61. The Morgan fingerprint density at radius 2 is 2.03 bits per heavy atom. The molecule has 2 N–H and O–H groups in total. The lowest BCUT2D eigenvalue weighted by Crippen LogP contribution is -2.39. The molecule has 182 valence electrons. The summed E-state index contributed by atoms with van der Waals surface area (Å²) in [5.74, 6) is 0.851. The highest BCUT2D eigenvalue weighted by Gasteiger charge is 2.33. The molecule has 1 aromatic heterocycles. The van der Waals surface area contributed by atoms with Crippen LogP contribution in [0.4, 0.5) is 14.9 Å². The van der Waals surface area contributed by atoms with Crippen molar-refractivity contribution in [1.29, 1.82) is 0 Å². The van der Waals surface area contributed by atoms with Gasteiger partial charge in [-0.2, -0.15) is 0 Å². The molecule has 0 bridgehead atoms. The first kappa shape index (κ1) is 25.4. The van der Waals surface area contributed by atoms with Gasteiger partial charge in [0.15, 0.2) is 0 Å². The number of amides is 3. The number of aromatic nitrogens is 1. The highest BCUT2D eigenvalue weighted by molar-refractivity contribution is 5.89. The Morgan fingerprint density at radius 3 is 2.71 bits per heavy atom. The molecule has 2 aromatic rings. The number of rotatable bonds is 8. The quantitative estimate of drug-likeness (QED) is 0.522. The zero-order valence-corrected chi connectivity index (χ0v) is 20.4. The van der Waals surface area contributed by atoms with Crippen LogP contribution in [0.1, 0.15) is 39.2 Å². The van der Waals surface area contributed by atoms with Crippen LogP contribution in [0.2, 0.25) is 0 Å². The number of hydrogen-bond acceptors (Lipinski definition) is 3. The molecular formula is C27H35FN4O2. The van der Waals surface area contributed by atoms with E-state index in [1.54, 1.807) is 29.4 Å². The number of allylic oxidation sites excluding steroid dienone is 1. The number of pyridine rings is 1. The molecule has 7 heteroatoms. The molecule has 1 aromatic carbocycles. The van der Waals surface area contributed by atoms with Gasteiger partial charge in [0.05, 0.1) is 0 Å². The minimum Gasteiger partial charge on any atom is -0.341 e. The molecule has 0 radical (unpaired) electrons. The van der Waals surface area contributed by atoms with Gasteiger partial charge in [0.25, 0.3) is 0 Å². The van der Waals surface area contributed by atoms with Gasteiger partial charge in [-0.25, -0.2) is 9.18 Å². The fourth-order valence-corrected chi connectivity index (χ4v) is 4.68. The maximum Gasteiger partial charge on any atom is 0.319 e. The molecule has 34 heavy (non-hydrogen) atoms. The Labute approximate surface area is 201 Å². The molecule has 0 fully saturated rings. The number of benzene rings is 1. The molecule has 3 rings (SSSR count). The van der Waals surface area contributed by atoms with Crippen molar-refractivity contribution >= 4 is 17.6 Å². The van der Waals surface area contributed by atoms with E-state index in [4.69, 9.17) is 0 Å². The normalized spacial score (nSPS) is 19.9. The van der Waals surface area contributed by atoms with Gasteiger partial charge in [0, 0.05) is 44.6 Å². The Balaban J connectivity index is 1.58. The van der Waals surface area contributed by atoms with E-state index in [-0.39, 0.29) is 23.8 Å². The van der Waals surface area contributed by atoms with Crippen LogP contribution in [0, 0.1) is 29.5 Å². The number of carbonyl (C=O) groups excluding carboxylic acids is 2. The molecule has 3 amide bonds. The lowest BCUT2D eigenvalue weighted by molar-refractivity contribution is -0.131. The van der Waals surface area contributed by atoms with Gasteiger partial charge in [-0.05, 0) is 66.8 Å². The summed E-state index contributed by atoms with van der Waals surface area (Å²) >= 11 is 0. The van der Waals surface area contributed by atoms with Gasteiger partial charge >= 0.3 is 6.03 Å². The Hall–Kier alpha value is -3.22. The number of nitrogens with zero attached hydrogens (tertiary/aromatic N) is 2. The van der Waals surface area contributed by atoms with Gasteiger partial charge in [0.1, 0.15) is 5.82 Å². The average Bonchev–Trinajstić information content (AvgIpc) is 2.79. The first-order chi connectivity index (χ1) is 16.2. The first-order valence-electron chi connectivity index (χ1n) is 11.8. The van der Waals surface area contributed by atoms with Gasteiger partial charge in [-0.3, -0.25) is 9.78 Å². The summed E-state index contributed by atoms with van der Waals surface area (Å²) in [5.41, 5.74) is 2.62. The first-order valence-corrected chi connectivity index (χ1v) is 11.8. The fraction of sp³-hybridized carbons (Fsp3) is 0.444. The number of halogens is 1. The summed E-state index contributed by atoms with van der Waals surface area (Å²) in [4.78, 5) is 31.1. The van der Waals surface area contributed by atoms with E-state index >= 15 is 0 Å². The SMILES string of the molecule is CC1=C[C@@H](CNC(=O)Nc2cccc(F)c2)[C@H](C(C)C)C[C@H]1CC(=O)N(C)Cc1cccnc1. The molecule has 0 aliphatic heterocycles. The Kier molecular flexibility index (Phi) is 8.79. The second-order valence-corrected chi connectivity index (χ2v) is 9.58. The van der Waals surface area contributed by atoms with Crippen molar-refractivity contribution in [3.63, 3.8) is 0 Å². The number of nitrogens with one attached hydrogen (secondary N) is 2. The third-order valence-corrected chi connectivity index (χ3v) is 6.65. The van der Waals surface area contributed by atoms with Gasteiger partial charge in [-0.15, -0.1) is 0 Å². The zero-order valence-electron chi connectivity index (χ0n) is 20.4. The maximum atomic E-state index is 13.4. The molecule has 3 atom stereocenters.